The van der Waals surface area contributed by atoms with Crippen LogP contribution in [0.2, 0.25) is 5.02 Å². The normalized spacial score (nSPS) is 15.0. The third-order valence-corrected chi connectivity index (χ3v) is 5.54. The number of halogens is 1. The zero-order chi connectivity index (χ0) is 22.5. The minimum absolute atomic E-state index is 0.169. The van der Waals surface area contributed by atoms with Crippen LogP contribution in [0.3, 0.4) is 0 Å². The molecular weight excluding hydrogens is 428 g/mol. The van der Waals surface area contributed by atoms with E-state index in [1.165, 1.54) is 7.11 Å². The van der Waals surface area contributed by atoms with Gasteiger partial charge in [-0.15, -0.1) is 0 Å². The molecule has 4 rings (SSSR count). The molecule has 3 aromatic carbocycles. The Labute approximate surface area is 192 Å². The Kier molecular flexibility index (Phi) is 6.61. The average Bonchev–Trinajstić information content (AvgIpc) is 3.33. The summed E-state index contributed by atoms with van der Waals surface area (Å²) in [4.78, 5) is 20.8. The third kappa shape index (κ3) is 4.55. The molecule has 0 fully saturated rings. The van der Waals surface area contributed by atoms with Crippen molar-refractivity contribution >= 4 is 28.9 Å². The molecule has 1 amide bonds. The van der Waals surface area contributed by atoms with Gasteiger partial charge in [0, 0.05) is 23.7 Å². The lowest BCUT2D eigenvalue weighted by Crippen LogP contribution is -2.39. The van der Waals surface area contributed by atoms with Gasteiger partial charge in [0.25, 0.3) is 5.91 Å². The number of amides is 1. The topological polar surface area (TPSA) is 60.4 Å². The highest BCUT2D eigenvalue weighted by Crippen LogP contribution is 2.35. The summed E-state index contributed by atoms with van der Waals surface area (Å²) >= 11 is 6.31. The van der Waals surface area contributed by atoms with Gasteiger partial charge in [-0.25, -0.2) is 0 Å². The molecule has 0 saturated carbocycles. The first kappa shape index (κ1) is 21.7. The highest BCUT2D eigenvalue weighted by atomic mass is 35.5. The van der Waals surface area contributed by atoms with E-state index in [2.05, 4.69) is 5.16 Å². The van der Waals surface area contributed by atoms with Crippen LogP contribution in [0.5, 0.6) is 11.5 Å². The van der Waals surface area contributed by atoms with Gasteiger partial charge in [0.2, 0.25) is 6.10 Å². The maximum Gasteiger partial charge on any atom is 0.271 e. The van der Waals surface area contributed by atoms with Crippen molar-refractivity contribution in [1.29, 1.82) is 0 Å². The molecule has 0 aliphatic carbocycles. The number of oxime groups is 1. The summed E-state index contributed by atoms with van der Waals surface area (Å²) in [5, 5.41) is 4.61. The Morgan fingerprint density at radius 1 is 1.03 bits per heavy atom. The smallest absolute Gasteiger partial charge is 0.271 e. The Morgan fingerprint density at radius 3 is 2.34 bits per heavy atom. The Bertz CT molecular complexity index is 1120. The molecular formula is C25H23ClN2O4. The lowest BCUT2D eigenvalue weighted by molar-refractivity contribution is -0.128. The highest BCUT2D eigenvalue weighted by Gasteiger charge is 2.34. The van der Waals surface area contributed by atoms with E-state index in [4.69, 9.17) is 25.9 Å². The van der Waals surface area contributed by atoms with Crippen LogP contribution >= 0.6 is 11.6 Å². The molecule has 32 heavy (non-hydrogen) atoms. The van der Waals surface area contributed by atoms with Gasteiger partial charge in [-0.05, 0) is 23.8 Å². The molecule has 6 nitrogen and oxygen atoms in total. The molecule has 1 aliphatic rings. The zero-order valence-corrected chi connectivity index (χ0v) is 18.6. The van der Waals surface area contributed by atoms with Gasteiger partial charge >= 0.3 is 0 Å². The van der Waals surface area contributed by atoms with E-state index in [0.717, 1.165) is 11.3 Å². The number of benzene rings is 3. The number of anilines is 1. The summed E-state index contributed by atoms with van der Waals surface area (Å²) in [6.45, 7) is 0.427. The van der Waals surface area contributed by atoms with Crippen molar-refractivity contribution in [2.24, 2.45) is 5.16 Å². The maximum atomic E-state index is 13.5. The van der Waals surface area contributed by atoms with Gasteiger partial charge in [0.1, 0.15) is 11.5 Å². The molecule has 0 aromatic heterocycles. The minimum atomic E-state index is -0.750. The highest BCUT2D eigenvalue weighted by molar-refractivity contribution is 6.32. The number of carbonyl (C=O) groups is 1. The fraction of sp³-hybridized carbons (Fsp3) is 0.200. The largest absolute Gasteiger partial charge is 0.496 e. The molecule has 1 atom stereocenters. The van der Waals surface area contributed by atoms with Crippen molar-refractivity contribution in [2.45, 2.75) is 19.1 Å². The number of methoxy groups -OCH3 is 2. The van der Waals surface area contributed by atoms with Crippen LogP contribution in [-0.2, 0) is 16.2 Å². The van der Waals surface area contributed by atoms with E-state index in [-0.39, 0.29) is 5.91 Å². The number of rotatable bonds is 7. The van der Waals surface area contributed by atoms with Crippen molar-refractivity contribution in [2.75, 3.05) is 19.1 Å². The van der Waals surface area contributed by atoms with Crippen LogP contribution in [0.15, 0.2) is 78.0 Å². The fourth-order valence-electron chi connectivity index (χ4n) is 3.60. The molecule has 0 bridgehead atoms. The molecule has 0 saturated heterocycles. The molecule has 1 aliphatic heterocycles. The molecule has 3 aromatic rings. The third-order valence-electron chi connectivity index (χ3n) is 5.25. The van der Waals surface area contributed by atoms with Gasteiger partial charge < -0.3 is 19.2 Å². The molecule has 164 valence electrons. The lowest BCUT2D eigenvalue weighted by atomic mass is 10.0. The SMILES string of the molecule is COc1cc(OC)c(C2=NO[C@@H](C(=O)N(Cc3ccccc3)c3ccccc3)C2)cc1Cl. The number of ether oxygens (including phenoxy) is 2. The summed E-state index contributed by atoms with van der Waals surface area (Å²) in [7, 11) is 3.10. The minimum Gasteiger partial charge on any atom is -0.496 e. The van der Waals surface area contributed by atoms with Crippen molar-refractivity contribution in [3.8, 4) is 11.5 Å². The van der Waals surface area contributed by atoms with E-state index in [1.807, 2.05) is 60.7 Å². The van der Waals surface area contributed by atoms with Crippen LogP contribution in [0.4, 0.5) is 5.69 Å². The van der Waals surface area contributed by atoms with Gasteiger partial charge in [-0.1, -0.05) is 65.3 Å². The average molecular weight is 451 g/mol. The molecule has 0 unspecified atom stereocenters. The van der Waals surface area contributed by atoms with Crippen LogP contribution in [0.25, 0.3) is 0 Å². The monoisotopic (exact) mass is 450 g/mol. The van der Waals surface area contributed by atoms with E-state index in [0.29, 0.717) is 40.8 Å². The fourth-order valence-corrected chi connectivity index (χ4v) is 3.84. The summed E-state index contributed by atoms with van der Waals surface area (Å²) in [5.74, 6) is 0.876. The van der Waals surface area contributed by atoms with Crippen LogP contribution in [0, 0.1) is 0 Å². The predicted octanol–water partition coefficient (Wildman–Crippen LogP) is 5.08. The molecule has 0 spiro atoms. The van der Waals surface area contributed by atoms with Crippen molar-refractivity contribution < 1.29 is 19.1 Å². The molecule has 1 heterocycles. The standard InChI is InChI=1S/C25H23ClN2O4/c1-30-22-15-23(31-2)20(26)13-19(22)21-14-24(32-27-21)25(29)28(18-11-7-4-8-12-18)16-17-9-5-3-6-10-17/h3-13,15,24H,14,16H2,1-2H3/t24-/m1/s1. The van der Waals surface area contributed by atoms with Crippen molar-refractivity contribution in [1.82, 2.24) is 0 Å². The van der Waals surface area contributed by atoms with E-state index in [1.54, 1.807) is 24.1 Å². The zero-order valence-electron chi connectivity index (χ0n) is 17.8. The van der Waals surface area contributed by atoms with Crippen molar-refractivity contribution in [3.63, 3.8) is 0 Å². The van der Waals surface area contributed by atoms with Gasteiger partial charge in [-0.2, -0.15) is 0 Å². The first-order chi connectivity index (χ1) is 15.6. The summed E-state index contributed by atoms with van der Waals surface area (Å²) in [6, 6.07) is 22.8. The number of carbonyl (C=O) groups excluding carboxylic acids is 1. The Morgan fingerprint density at radius 2 is 1.69 bits per heavy atom. The molecule has 7 heteroatoms. The number of hydrogen-bond acceptors (Lipinski definition) is 5. The van der Waals surface area contributed by atoms with Gasteiger partial charge in [0.15, 0.2) is 0 Å². The first-order valence-electron chi connectivity index (χ1n) is 10.2. The predicted molar refractivity (Wildman–Crippen MR) is 125 cm³/mol. The summed E-state index contributed by atoms with van der Waals surface area (Å²) in [6.07, 6.45) is -0.449. The van der Waals surface area contributed by atoms with E-state index < -0.39 is 6.10 Å². The lowest BCUT2D eigenvalue weighted by Gasteiger charge is -2.25. The van der Waals surface area contributed by atoms with Gasteiger partial charge in [0.05, 0.1) is 31.5 Å². The van der Waals surface area contributed by atoms with Gasteiger partial charge in [-0.3, -0.25) is 4.79 Å². The summed E-state index contributed by atoms with van der Waals surface area (Å²) < 4.78 is 10.7. The van der Waals surface area contributed by atoms with Crippen LogP contribution in [-0.4, -0.2) is 31.9 Å². The quantitative estimate of drug-likeness (QED) is 0.503. The number of para-hydroxylation sites is 1. The van der Waals surface area contributed by atoms with Crippen LogP contribution < -0.4 is 14.4 Å². The first-order valence-corrected chi connectivity index (χ1v) is 10.5. The van der Waals surface area contributed by atoms with Crippen molar-refractivity contribution in [3.05, 3.63) is 88.9 Å². The van der Waals surface area contributed by atoms with E-state index >= 15 is 0 Å². The summed E-state index contributed by atoms with van der Waals surface area (Å²) in [5.41, 5.74) is 3.08. The number of nitrogens with zero attached hydrogens (tertiary/aromatic N) is 2. The Balaban J connectivity index is 1.57. The number of hydrogen-bond donors (Lipinski definition) is 0. The molecule has 0 N–H and O–H groups in total. The second kappa shape index (κ2) is 9.75. The van der Waals surface area contributed by atoms with E-state index in [9.17, 15) is 4.79 Å². The second-order valence-electron chi connectivity index (χ2n) is 7.27. The maximum absolute atomic E-state index is 13.5. The van der Waals surface area contributed by atoms with Crippen LogP contribution in [0.1, 0.15) is 17.5 Å². The second-order valence-corrected chi connectivity index (χ2v) is 7.68. The Hall–Kier alpha value is -3.51. The molecule has 0 radical (unpaired) electrons.